The fourth-order valence-electron chi connectivity index (χ4n) is 6.55. The van der Waals surface area contributed by atoms with E-state index in [1.54, 1.807) is 6.07 Å². The van der Waals surface area contributed by atoms with Crippen molar-refractivity contribution in [2.45, 2.75) is 38.5 Å². The van der Waals surface area contributed by atoms with Gasteiger partial charge in [-0.15, -0.1) is 0 Å². The Morgan fingerprint density at radius 2 is 1.65 bits per heavy atom. The van der Waals surface area contributed by atoms with Crippen molar-refractivity contribution in [3.63, 3.8) is 0 Å². The molecule has 2 fully saturated rings. The number of carbonyl (C=O) groups is 1. The summed E-state index contributed by atoms with van der Waals surface area (Å²) in [5, 5.41) is 7.97. The van der Waals surface area contributed by atoms with Crippen LogP contribution in [-0.4, -0.2) is 77.2 Å². The van der Waals surface area contributed by atoms with E-state index in [4.69, 9.17) is 19.8 Å². The first kappa shape index (κ1) is 36.8. The number of amides is 1. The van der Waals surface area contributed by atoms with Gasteiger partial charge in [-0.1, -0.05) is 76.5 Å². The number of aliphatic imine (C=N–C) groups is 1. The molecule has 7 rings (SSSR count). The Labute approximate surface area is 306 Å². The first-order chi connectivity index (χ1) is 24.7. The summed E-state index contributed by atoms with van der Waals surface area (Å²) in [4.78, 5) is 29.1. The van der Waals surface area contributed by atoms with Crippen LogP contribution in [0.3, 0.4) is 0 Å². The lowest BCUT2D eigenvalue weighted by Crippen LogP contribution is -2.53. The number of rotatable bonds is 9. The number of hydrogen-bond donors (Lipinski definition) is 2. The third kappa shape index (κ3) is 7.76. The first-order valence-electron chi connectivity index (χ1n) is 17.0. The second kappa shape index (κ2) is 15.7. The number of nitrogens with zero attached hydrogens (tertiary/aromatic N) is 7. The van der Waals surface area contributed by atoms with E-state index in [1.807, 2.05) is 78.7 Å². The maximum atomic E-state index is 14.0. The van der Waals surface area contributed by atoms with Gasteiger partial charge in [-0.05, 0) is 51.1 Å². The lowest BCUT2D eigenvalue weighted by Gasteiger charge is -2.25. The molecule has 15 heteroatoms. The summed E-state index contributed by atoms with van der Waals surface area (Å²) in [6.45, 7) is 4.41. The average Bonchev–Trinajstić information content (AvgIpc) is 3.73. The van der Waals surface area contributed by atoms with Crippen molar-refractivity contribution in [2.24, 2.45) is 4.99 Å². The first-order valence-corrected chi connectivity index (χ1v) is 17.0. The van der Waals surface area contributed by atoms with Crippen LogP contribution in [0.25, 0.3) is 5.65 Å². The van der Waals surface area contributed by atoms with Crippen LogP contribution in [0.15, 0.2) is 89.9 Å². The molecule has 0 unspecified atom stereocenters. The van der Waals surface area contributed by atoms with Crippen molar-refractivity contribution in [3.05, 3.63) is 113 Å². The molecule has 2 aliphatic rings. The Bertz CT molecular complexity index is 2010. The average molecular weight is 733 g/mol. The zero-order valence-corrected chi connectivity index (χ0v) is 29.9. The van der Waals surface area contributed by atoms with Crippen LogP contribution in [0.2, 0.25) is 0 Å². The Hall–Kier alpha value is -4.99. The molecule has 272 valence electrons. The van der Waals surface area contributed by atoms with Crippen molar-refractivity contribution in [3.8, 4) is 0 Å². The van der Waals surface area contributed by atoms with Crippen molar-refractivity contribution in [2.75, 3.05) is 50.2 Å². The van der Waals surface area contributed by atoms with Gasteiger partial charge in [0.2, 0.25) is 11.7 Å². The topological polar surface area (TPSA) is 103 Å². The van der Waals surface area contributed by atoms with Gasteiger partial charge in [-0.25, -0.2) is 10.4 Å². The molecule has 52 heavy (non-hydrogen) atoms. The number of nitrogens with one attached hydrogen (secondary N) is 2. The fraction of sp³-hybridized carbons (Fsp3) is 0.324. The molecule has 0 spiro atoms. The molecule has 5 aromatic rings. The zero-order valence-electron chi connectivity index (χ0n) is 28.9. The number of anilines is 2. The highest BCUT2D eigenvalue weighted by molar-refractivity contribution is 7.59. The van der Waals surface area contributed by atoms with E-state index in [2.05, 4.69) is 15.6 Å². The summed E-state index contributed by atoms with van der Waals surface area (Å²) in [6, 6.07) is 25.2. The van der Waals surface area contributed by atoms with Crippen LogP contribution in [0, 0.1) is 6.92 Å². The summed E-state index contributed by atoms with van der Waals surface area (Å²) in [5.41, 5.74) is 5.91. The highest BCUT2D eigenvalue weighted by atomic mass is 32.1. The standard InChI is InChI=1S/C37H38F3N9O2.H2S/c1-25-28(37(38,39)40)15-9-16-29(25)44-48-33(24-41-36(50)31-17-10-18-46(31)2)43-35-30(23-32(45-49(35)48)47-19-21-51-22-20-47)42-34(26-11-5-3-6-12-26)27-13-7-4-8-14-27;/h3-9,11-16,23,31H,10,17-22,24H2,1-2H3,(H-,41,44,45,50);1H2/p+1/t31-;/m0./s1. The summed E-state index contributed by atoms with van der Waals surface area (Å²) >= 11 is 0. The minimum absolute atomic E-state index is 0. The predicted molar refractivity (Wildman–Crippen MR) is 197 cm³/mol. The molecule has 1 atom stereocenters. The molecular weight excluding hydrogens is 692 g/mol. The van der Waals surface area contributed by atoms with Crippen LogP contribution in [0.5, 0.6) is 0 Å². The number of ether oxygens (including phenoxy) is 1. The highest BCUT2D eigenvalue weighted by Gasteiger charge is 2.34. The predicted octanol–water partition coefficient (Wildman–Crippen LogP) is 5.05. The maximum Gasteiger partial charge on any atom is 0.416 e. The third-order valence-electron chi connectivity index (χ3n) is 9.32. The number of carbonyl (C=O) groups excluding carboxylic acids is 1. The van der Waals surface area contributed by atoms with Gasteiger partial charge in [0.15, 0.2) is 0 Å². The second-order valence-corrected chi connectivity index (χ2v) is 12.7. The molecule has 0 aliphatic carbocycles. The van der Waals surface area contributed by atoms with Gasteiger partial charge in [0.05, 0.1) is 36.2 Å². The third-order valence-corrected chi connectivity index (χ3v) is 9.32. The molecule has 2 saturated heterocycles. The molecule has 0 bridgehead atoms. The van der Waals surface area contributed by atoms with Crippen LogP contribution in [-0.2, 0) is 22.3 Å². The number of benzene rings is 3. The van der Waals surface area contributed by atoms with Crippen molar-refractivity contribution < 1.29 is 27.5 Å². The fourth-order valence-corrected chi connectivity index (χ4v) is 6.55. The largest absolute Gasteiger partial charge is 0.416 e. The van der Waals surface area contributed by atoms with Crippen LogP contribution >= 0.6 is 13.5 Å². The quantitative estimate of drug-likeness (QED) is 0.162. The minimum atomic E-state index is -4.55. The molecule has 2 N–H and O–H groups in total. The highest BCUT2D eigenvalue weighted by Crippen LogP contribution is 2.34. The normalized spacial score (nSPS) is 16.4. The molecule has 0 radical (unpaired) electrons. The number of fused-ring (bicyclic) bond motifs is 1. The number of alkyl halides is 3. The van der Waals surface area contributed by atoms with Gasteiger partial charge in [0, 0.05) is 40.0 Å². The molecule has 0 saturated carbocycles. The van der Waals surface area contributed by atoms with Crippen LogP contribution in [0.4, 0.5) is 30.4 Å². The van der Waals surface area contributed by atoms with Gasteiger partial charge in [-0.2, -0.15) is 26.7 Å². The van der Waals surface area contributed by atoms with E-state index in [0.717, 1.165) is 36.6 Å². The van der Waals surface area contributed by atoms with Gasteiger partial charge in [-0.3, -0.25) is 9.69 Å². The monoisotopic (exact) mass is 732 g/mol. The number of likely N-dealkylation sites (tertiary alicyclic amines) is 1. The number of hydrogen-bond acceptors (Lipinski definition) is 8. The summed E-state index contributed by atoms with van der Waals surface area (Å²) in [6.07, 6.45) is -2.90. The lowest BCUT2D eigenvalue weighted by molar-refractivity contribution is -0.725. The van der Waals surface area contributed by atoms with Crippen molar-refractivity contribution in [1.29, 1.82) is 0 Å². The maximum absolute atomic E-state index is 14.0. The van der Waals surface area contributed by atoms with E-state index < -0.39 is 11.7 Å². The number of likely N-dealkylation sites (N-methyl/N-ethyl adjacent to an activating group) is 1. The summed E-state index contributed by atoms with van der Waals surface area (Å²) in [7, 11) is 1.92. The molecular formula is C37H41F3N9O2S+. The van der Waals surface area contributed by atoms with E-state index in [9.17, 15) is 18.0 Å². The Morgan fingerprint density at radius 1 is 0.981 bits per heavy atom. The molecule has 3 aromatic carbocycles. The van der Waals surface area contributed by atoms with E-state index in [-0.39, 0.29) is 43.2 Å². The second-order valence-electron chi connectivity index (χ2n) is 12.7. The zero-order chi connectivity index (χ0) is 35.5. The molecule has 4 heterocycles. The number of morpholine rings is 1. The lowest BCUT2D eigenvalue weighted by atomic mass is 10.0. The Balaban J connectivity index is 0.00000464. The SMILES string of the molecule is Cc1c(N[n+]2c(CNC(=O)[C@@H]3CCCN3C)nc3c(N=C(c4ccccc4)c4ccccc4)cc(N4CCOCC4)nn32)cccc1C(F)(F)F.S. The molecule has 2 aliphatic heterocycles. The minimum Gasteiger partial charge on any atom is -0.378 e. The van der Waals surface area contributed by atoms with Crippen molar-refractivity contribution in [1.82, 2.24) is 24.9 Å². The Kier molecular flexibility index (Phi) is 11.1. The molecule has 11 nitrogen and oxygen atoms in total. The van der Waals surface area contributed by atoms with Crippen molar-refractivity contribution >= 4 is 48.0 Å². The number of aromatic nitrogens is 4. The molecule has 2 aromatic heterocycles. The van der Waals surface area contributed by atoms with E-state index >= 15 is 0 Å². The van der Waals surface area contributed by atoms with Crippen LogP contribution < -0.4 is 20.4 Å². The summed E-state index contributed by atoms with van der Waals surface area (Å²) in [5.74, 6) is 0.760. The van der Waals surface area contributed by atoms with Crippen LogP contribution in [0.1, 0.15) is 40.9 Å². The van der Waals surface area contributed by atoms with Gasteiger partial charge in [0.1, 0.15) is 12.2 Å². The Morgan fingerprint density at radius 3 is 2.27 bits per heavy atom. The summed E-state index contributed by atoms with van der Waals surface area (Å²) < 4.78 is 49.1. The van der Waals surface area contributed by atoms with E-state index in [1.165, 1.54) is 22.4 Å². The van der Waals surface area contributed by atoms with E-state index in [0.29, 0.717) is 55.0 Å². The van der Waals surface area contributed by atoms with Gasteiger partial charge >= 0.3 is 17.6 Å². The smallest absolute Gasteiger partial charge is 0.378 e. The number of halogens is 3. The van der Waals surface area contributed by atoms with Gasteiger partial charge < -0.3 is 15.0 Å². The molecule has 1 amide bonds. The van der Waals surface area contributed by atoms with Gasteiger partial charge in [0.25, 0.3) is 0 Å².